The number of carbonyl (C=O) groups excluding carboxylic acids is 2. The molecule has 5 nitrogen and oxygen atoms in total. The van der Waals surface area contributed by atoms with E-state index in [2.05, 4.69) is 35.5 Å². The van der Waals surface area contributed by atoms with Gasteiger partial charge in [-0.15, -0.1) is 0 Å². The molecular weight excluding hydrogens is 326 g/mol. The molecule has 2 N–H and O–H groups in total. The van der Waals surface area contributed by atoms with Gasteiger partial charge < -0.3 is 10.6 Å². The van der Waals surface area contributed by atoms with Crippen molar-refractivity contribution < 1.29 is 9.59 Å². The lowest BCUT2D eigenvalue weighted by atomic mass is 10.0. The third-order valence-corrected chi connectivity index (χ3v) is 4.20. The number of amides is 2. The molecule has 0 bridgehead atoms. The maximum Gasteiger partial charge on any atom is 0.313 e. The van der Waals surface area contributed by atoms with Gasteiger partial charge in [-0.05, 0) is 44.9 Å². The van der Waals surface area contributed by atoms with Gasteiger partial charge in [-0.3, -0.25) is 14.5 Å². The molecule has 130 valence electrons. The van der Waals surface area contributed by atoms with Gasteiger partial charge in [0, 0.05) is 36.4 Å². The lowest BCUT2D eigenvalue weighted by Gasteiger charge is -2.31. The molecule has 2 rings (SSSR count). The molecule has 2 amide bonds. The minimum atomic E-state index is -0.663. The van der Waals surface area contributed by atoms with Crippen LogP contribution in [0.15, 0.2) is 35.9 Å². The van der Waals surface area contributed by atoms with Crippen molar-refractivity contribution in [2.45, 2.75) is 32.7 Å². The van der Waals surface area contributed by atoms with Crippen LogP contribution in [0.25, 0.3) is 0 Å². The highest BCUT2D eigenvalue weighted by atomic mass is 35.5. The quantitative estimate of drug-likeness (QED) is 0.649. The topological polar surface area (TPSA) is 61.4 Å². The second-order valence-electron chi connectivity index (χ2n) is 6.29. The van der Waals surface area contributed by atoms with Gasteiger partial charge in [0.05, 0.1) is 0 Å². The van der Waals surface area contributed by atoms with Crippen LogP contribution in [-0.2, 0) is 9.59 Å². The first-order chi connectivity index (χ1) is 11.4. The highest BCUT2D eigenvalue weighted by Crippen LogP contribution is 2.15. The molecule has 0 aromatic heterocycles. The van der Waals surface area contributed by atoms with E-state index in [1.54, 1.807) is 24.3 Å². The fraction of sp³-hybridized carbons (Fsp3) is 0.444. The molecule has 1 saturated heterocycles. The number of hydrogen-bond acceptors (Lipinski definition) is 3. The van der Waals surface area contributed by atoms with Crippen LogP contribution in [0.1, 0.15) is 26.7 Å². The maximum absolute atomic E-state index is 12.0. The fourth-order valence-corrected chi connectivity index (χ4v) is 2.77. The van der Waals surface area contributed by atoms with Gasteiger partial charge in [0.2, 0.25) is 0 Å². The zero-order valence-electron chi connectivity index (χ0n) is 14.1. The standard InChI is InChI=1S/C18H24ClN3O2/c1-13(2)6-9-22-10-7-15(8-11-22)20-17(23)18(24)21-16-5-3-4-14(19)12-16/h3-6,12,15H,7-11H2,1-2H3,(H,20,23)(H,21,24). The molecule has 1 aromatic rings. The number of rotatable bonds is 4. The monoisotopic (exact) mass is 349 g/mol. The van der Waals surface area contributed by atoms with Gasteiger partial charge >= 0.3 is 11.8 Å². The summed E-state index contributed by atoms with van der Waals surface area (Å²) in [5, 5.41) is 5.88. The number of hydrogen-bond donors (Lipinski definition) is 2. The Morgan fingerprint density at radius 1 is 1.25 bits per heavy atom. The number of allylic oxidation sites excluding steroid dienone is 1. The lowest BCUT2D eigenvalue weighted by Crippen LogP contribution is -2.47. The van der Waals surface area contributed by atoms with E-state index in [1.165, 1.54) is 5.57 Å². The van der Waals surface area contributed by atoms with E-state index in [-0.39, 0.29) is 6.04 Å². The predicted molar refractivity (Wildman–Crippen MR) is 97.1 cm³/mol. The van der Waals surface area contributed by atoms with E-state index in [4.69, 9.17) is 11.6 Å². The summed E-state index contributed by atoms with van der Waals surface area (Å²) in [7, 11) is 0. The van der Waals surface area contributed by atoms with E-state index in [1.807, 2.05) is 0 Å². The Hall–Kier alpha value is -1.85. The molecule has 1 heterocycles. The number of likely N-dealkylation sites (tertiary alicyclic amines) is 1. The average molecular weight is 350 g/mol. The van der Waals surface area contributed by atoms with Gasteiger partial charge in [-0.1, -0.05) is 29.3 Å². The molecule has 0 atom stereocenters. The fourth-order valence-electron chi connectivity index (χ4n) is 2.58. The van der Waals surface area contributed by atoms with Crippen molar-refractivity contribution in [2.75, 3.05) is 25.0 Å². The van der Waals surface area contributed by atoms with Crippen LogP contribution in [0.2, 0.25) is 5.02 Å². The van der Waals surface area contributed by atoms with Crippen molar-refractivity contribution in [1.82, 2.24) is 10.2 Å². The van der Waals surface area contributed by atoms with Gasteiger partial charge in [0.25, 0.3) is 0 Å². The number of anilines is 1. The zero-order chi connectivity index (χ0) is 17.5. The number of nitrogens with one attached hydrogen (secondary N) is 2. The van der Waals surface area contributed by atoms with Crippen molar-refractivity contribution in [3.8, 4) is 0 Å². The van der Waals surface area contributed by atoms with Crippen molar-refractivity contribution >= 4 is 29.1 Å². The second-order valence-corrected chi connectivity index (χ2v) is 6.73. The molecule has 24 heavy (non-hydrogen) atoms. The van der Waals surface area contributed by atoms with Crippen molar-refractivity contribution in [2.24, 2.45) is 0 Å². The Kier molecular flexibility index (Phi) is 6.82. The maximum atomic E-state index is 12.0. The molecule has 0 saturated carbocycles. The predicted octanol–water partition coefficient (Wildman–Crippen LogP) is 2.83. The van der Waals surface area contributed by atoms with E-state index < -0.39 is 11.8 Å². The Bertz CT molecular complexity index is 618. The Morgan fingerprint density at radius 3 is 2.58 bits per heavy atom. The number of piperidine rings is 1. The van der Waals surface area contributed by atoms with Gasteiger partial charge in [-0.25, -0.2) is 0 Å². The van der Waals surface area contributed by atoms with E-state index in [0.717, 1.165) is 32.5 Å². The summed E-state index contributed by atoms with van der Waals surface area (Å²) in [6.45, 7) is 6.96. The van der Waals surface area contributed by atoms with Crippen LogP contribution in [0, 0.1) is 0 Å². The second kappa shape index (κ2) is 8.85. The summed E-state index contributed by atoms with van der Waals surface area (Å²) in [5.41, 5.74) is 1.82. The third kappa shape index (κ3) is 5.98. The molecule has 1 aliphatic heterocycles. The SMILES string of the molecule is CC(C)=CCN1CCC(NC(=O)C(=O)Nc2cccc(Cl)c2)CC1. The molecular formula is C18H24ClN3O2. The number of carbonyl (C=O) groups is 2. The van der Waals surface area contributed by atoms with Gasteiger partial charge in [0.1, 0.15) is 0 Å². The normalized spacial score (nSPS) is 15.6. The van der Waals surface area contributed by atoms with Crippen LogP contribution >= 0.6 is 11.6 Å². The van der Waals surface area contributed by atoms with Gasteiger partial charge in [0.15, 0.2) is 0 Å². The molecule has 1 aromatic carbocycles. The summed E-state index contributed by atoms with van der Waals surface area (Å²) in [6, 6.07) is 6.77. The smallest absolute Gasteiger partial charge is 0.313 e. The number of halogens is 1. The first kappa shape index (κ1) is 18.5. The Morgan fingerprint density at radius 2 is 1.96 bits per heavy atom. The molecule has 6 heteroatoms. The lowest BCUT2D eigenvalue weighted by molar-refractivity contribution is -0.136. The van der Waals surface area contributed by atoms with Crippen molar-refractivity contribution in [3.05, 3.63) is 40.9 Å². The van der Waals surface area contributed by atoms with Crippen molar-refractivity contribution in [3.63, 3.8) is 0 Å². The number of benzene rings is 1. The van der Waals surface area contributed by atoms with Gasteiger partial charge in [-0.2, -0.15) is 0 Å². The third-order valence-electron chi connectivity index (χ3n) is 3.97. The first-order valence-corrected chi connectivity index (χ1v) is 8.55. The van der Waals surface area contributed by atoms with Crippen LogP contribution in [0.5, 0.6) is 0 Å². The Balaban J connectivity index is 1.76. The largest absolute Gasteiger partial charge is 0.345 e. The summed E-state index contributed by atoms with van der Waals surface area (Å²) >= 11 is 5.86. The highest BCUT2D eigenvalue weighted by molar-refractivity contribution is 6.40. The first-order valence-electron chi connectivity index (χ1n) is 8.17. The molecule has 0 spiro atoms. The molecule has 1 fully saturated rings. The number of nitrogens with zero attached hydrogens (tertiary/aromatic N) is 1. The molecule has 1 aliphatic rings. The molecule has 0 aliphatic carbocycles. The van der Waals surface area contributed by atoms with E-state index in [0.29, 0.717) is 10.7 Å². The van der Waals surface area contributed by atoms with Crippen LogP contribution in [0.3, 0.4) is 0 Å². The summed E-state index contributed by atoms with van der Waals surface area (Å²) in [6.07, 6.45) is 3.91. The van der Waals surface area contributed by atoms with Crippen LogP contribution in [0.4, 0.5) is 5.69 Å². The minimum absolute atomic E-state index is 0.0468. The highest BCUT2D eigenvalue weighted by Gasteiger charge is 2.23. The van der Waals surface area contributed by atoms with Crippen LogP contribution in [-0.4, -0.2) is 42.4 Å². The summed E-state index contributed by atoms with van der Waals surface area (Å²) < 4.78 is 0. The molecule has 0 radical (unpaired) electrons. The Labute approximate surface area is 148 Å². The van der Waals surface area contributed by atoms with Crippen LogP contribution < -0.4 is 10.6 Å². The summed E-state index contributed by atoms with van der Waals surface area (Å²) in [5.74, 6) is -1.26. The van der Waals surface area contributed by atoms with E-state index in [9.17, 15) is 9.59 Å². The minimum Gasteiger partial charge on any atom is -0.345 e. The zero-order valence-corrected chi connectivity index (χ0v) is 14.9. The average Bonchev–Trinajstić information content (AvgIpc) is 2.54. The van der Waals surface area contributed by atoms with Crippen molar-refractivity contribution in [1.29, 1.82) is 0 Å². The summed E-state index contributed by atoms with van der Waals surface area (Å²) in [4.78, 5) is 26.3. The van der Waals surface area contributed by atoms with E-state index >= 15 is 0 Å². The molecule has 0 unspecified atom stereocenters.